The molecule has 0 aromatic rings. The molecule has 0 radical (unpaired) electrons. The zero-order valence-corrected chi connectivity index (χ0v) is 17.4. The van der Waals surface area contributed by atoms with E-state index in [9.17, 15) is 4.48 Å². The highest BCUT2D eigenvalue weighted by atomic mass is 19.2. The van der Waals surface area contributed by atoms with E-state index in [2.05, 4.69) is 39.6 Å². The van der Waals surface area contributed by atoms with Crippen LogP contribution in [0.5, 0.6) is 0 Å². The second kappa shape index (κ2) is 16.7. The SMILES string of the molecule is CC.CCC(C)CN(C)CC(C)C.CCN(F)C1CCCCC1. The molecule has 0 heterocycles. The average Bonchev–Trinajstić information content (AvgIpc) is 2.56. The van der Waals surface area contributed by atoms with E-state index in [-0.39, 0.29) is 6.04 Å². The lowest BCUT2D eigenvalue weighted by atomic mass is 9.95. The van der Waals surface area contributed by atoms with Crippen molar-refractivity contribution in [3.05, 3.63) is 0 Å². The Bertz CT molecular complexity index is 228. The topological polar surface area (TPSA) is 6.48 Å². The number of hydrogen-bond acceptors (Lipinski definition) is 2. The molecule has 0 aromatic carbocycles. The van der Waals surface area contributed by atoms with Crippen LogP contribution in [-0.2, 0) is 0 Å². The molecular formula is C20H45FN2. The van der Waals surface area contributed by atoms with Crippen molar-refractivity contribution < 1.29 is 4.48 Å². The molecule has 1 saturated carbocycles. The molecule has 1 rings (SSSR count). The fraction of sp³-hybridized carbons (Fsp3) is 1.00. The van der Waals surface area contributed by atoms with Gasteiger partial charge in [0.1, 0.15) is 0 Å². The van der Waals surface area contributed by atoms with Crippen LogP contribution in [0.3, 0.4) is 0 Å². The van der Waals surface area contributed by atoms with Crippen molar-refractivity contribution in [2.75, 3.05) is 26.7 Å². The summed E-state index contributed by atoms with van der Waals surface area (Å²) in [4.78, 5) is 2.43. The van der Waals surface area contributed by atoms with Crippen molar-refractivity contribution in [1.82, 2.24) is 10.0 Å². The Morgan fingerprint density at radius 1 is 0.957 bits per heavy atom. The first-order valence-corrected chi connectivity index (χ1v) is 10.0. The lowest BCUT2D eigenvalue weighted by molar-refractivity contribution is -0.0303. The van der Waals surface area contributed by atoms with E-state index in [1.54, 1.807) is 0 Å². The highest BCUT2D eigenvalue weighted by Crippen LogP contribution is 2.22. The van der Waals surface area contributed by atoms with E-state index in [1.165, 1.54) is 38.8 Å². The lowest BCUT2D eigenvalue weighted by Crippen LogP contribution is -2.29. The molecule has 3 heteroatoms. The van der Waals surface area contributed by atoms with Crippen molar-refractivity contribution in [3.8, 4) is 0 Å². The van der Waals surface area contributed by atoms with E-state index in [0.717, 1.165) is 29.8 Å². The second-order valence-electron chi connectivity index (χ2n) is 7.14. The summed E-state index contributed by atoms with van der Waals surface area (Å²) >= 11 is 0. The Labute approximate surface area is 146 Å². The summed E-state index contributed by atoms with van der Waals surface area (Å²) < 4.78 is 12.9. The van der Waals surface area contributed by atoms with Crippen LogP contribution < -0.4 is 0 Å². The predicted molar refractivity (Wildman–Crippen MR) is 103 cm³/mol. The summed E-state index contributed by atoms with van der Waals surface area (Å²) in [6.07, 6.45) is 7.14. The fourth-order valence-corrected chi connectivity index (χ4v) is 2.98. The summed E-state index contributed by atoms with van der Waals surface area (Å²) in [5.74, 6) is 1.64. The third-order valence-electron chi connectivity index (χ3n) is 4.27. The Morgan fingerprint density at radius 3 is 1.87 bits per heavy atom. The van der Waals surface area contributed by atoms with Crippen LogP contribution in [0.4, 0.5) is 4.48 Å². The van der Waals surface area contributed by atoms with Gasteiger partial charge >= 0.3 is 0 Å². The third kappa shape index (κ3) is 15.1. The van der Waals surface area contributed by atoms with Gasteiger partial charge < -0.3 is 4.90 Å². The molecule has 1 aliphatic rings. The maximum atomic E-state index is 12.9. The zero-order chi connectivity index (χ0) is 18.3. The minimum absolute atomic E-state index is 0.235. The van der Waals surface area contributed by atoms with Crippen LogP contribution in [0.2, 0.25) is 0 Å². The van der Waals surface area contributed by atoms with Crippen LogP contribution in [0, 0.1) is 11.8 Å². The van der Waals surface area contributed by atoms with Crippen molar-refractivity contribution in [2.45, 2.75) is 93.0 Å². The molecule has 0 spiro atoms. The lowest BCUT2D eigenvalue weighted by Gasteiger charge is -2.25. The monoisotopic (exact) mass is 332 g/mol. The van der Waals surface area contributed by atoms with Gasteiger partial charge in [-0.3, -0.25) is 0 Å². The number of rotatable bonds is 7. The maximum Gasteiger partial charge on any atom is 0.0402 e. The molecule has 0 aromatic heterocycles. The predicted octanol–water partition coefficient (Wildman–Crippen LogP) is 6.17. The molecule has 1 aliphatic carbocycles. The van der Waals surface area contributed by atoms with Gasteiger partial charge in [0.2, 0.25) is 0 Å². The summed E-state index contributed by atoms with van der Waals surface area (Å²) in [7, 11) is 2.21. The summed E-state index contributed by atoms with van der Waals surface area (Å²) in [6, 6.07) is 0.235. The van der Waals surface area contributed by atoms with Gasteiger partial charge in [-0.2, -0.15) is 0 Å². The van der Waals surface area contributed by atoms with Crippen LogP contribution in [0.15, 0.2) is 0 Å². The summed E-state index contributed by atoms with van der Waals surface area (Å²) in [6.45, 7) is 18.0. The first kappa shape index (κ1) is 25.1. The summed E-state index contributed by atoms with van der Waals surface area (Å²) in [5, 5.41) is 0.985. The molecule has 2 nitrogen and oxygen atoms in total. The Balaban J connectivity index is 0. The summed E-state index contributed by atoms with van der Waals surface area (Å²) in [5.41, 5.74) is 0. The van der Waals surface area contributed by atoms with Crippen molar-refractivity contribution in [2.24, 2.45) is 11.8 Å². The van der Waals surface area contributed by atoms with Crippen LogP contribution >= 0.6 is 0 Å². The minimum atomic E-state index is 0.235. The largest absolute Gasteiger partial charge is 0.306 e. The number of nitrogens with zero attached hydrogens (tertiary/aromatic N) is 2. The van der Waals surface area contributed by atoms with E-state index < -0.39 is 0 Å². The van der Waals surface area contributed by atoms with Gasteiger partial charge in [-0.25, -0.2) is 0 Å². The Kier molecular flexibility index (Phi) is 18.2. The molecule has 0 bridgehead atoms. The van der Waals surface area contributed by atoms with Gasteiger partial charge in [0.25, 0.3) is 0 Å². The van der Waals surface area contributed by atoms with Gasteiger partial charge in [-0.15, -0.1) is 9.60 Å². The van der Waals surface area contributed by atoms with Crippen LogP contribution in [0.1, 0.15) is 87.0 Å². The average molecular weight is 333 g/mol. The molecular weight excluding hydrogens is 287 g/mol. The molecule has 23 heavy (non-hydrogen) atoms. The minimum Gasteiger partial charge on any atom is -0.306 e. The molecule has 142 valence electrons. The normalized spacial score (nSPS) is 16.7. The van der Waals surface area contributed by atoms with E-state index in [4.69, 9.17) is 0 Å². The van der Waals surface area contributed by atoms with E-state index >= 15 is 0 Å². The highest BCUT2D eigenvalue weighted by molar-refractivity contribution is 4.69. The van der Waals surface area contributed by atoms with E-state index in [0.29, 0.717) is 6.54 Å². The first-order valence-electron chi connectivity index (χ1n) is 10.0. The zero-order valence-electron chi connectivity index (χ0n) is 17.4. The van der Waals surface area contributed by atoms with Gasteiger partial charge in [-0.1, -0.05) is 67.2 Å². The Morgan fingerprint density at radius 2 is 1.48 bits per heavy atom. The molecule has 1 fully saturated rings. The van der Waals surface area contributed by atoms with Crippen LogP contribution in [-0.4, -0.2) is 42.7 Å². The smallest absolute Gasteiger partial charge is 0.0402 e. The van der Waals surface area contributed by atoms with Gasteiger partial charge in [0.05, 0.1) is 0 Å². The van der Waals surface area contributed by atoms with Crippen LogP contribution in [0.25, 0.3) is 0 Å². The number of halogens is 1. The second-order valence-corrected chi connectivity index (χ2v) is 7.14. The Hall–Kier alpha value is -0.150. The van der Waals surface area contributed by atoms with E-state index in [1.807, 2.05) is 20.8 Å². The molecule has 0 N–H and O–H groups in total. The van der Waals surface area contributed by atoms with Crippen molar-refractivity contribution in [3.63, 3.8) is 0 Å². The van der Waals surface area contributed by atoms with Crippen molar-refractivity contribution >= 4 is 0 Å². The quantitative estimate of drug-likeness (QED) is 0.514. The molecule has 1 atom stereocenters. The molecule has 1 unspecified atom stereocenters. The fourth-order valence-electron chi connectivity index (χ4n) is 2.98. The highest BCUT2D eigenvalue weighted by Gasteiger charge is 2.18. The maximum absolute atomic E-state index is 12.9. The number of hydrogen-bond donors (Lipinski definition) is 0. The molecule has 0 saturated heterocycles. The third-order valence-corrected chi connectivity index (χ3v) is 4.27. The van der Waals surface area contributed by atoms with Gasteiger partial charge in [-0.05, 0) is 38.6 Å². The molecule has 0 amide bonds. The molecule has 0 aliphatic heterocycles. The standard InChI is InChI=1S/C10H23N.C8H16FN.C2H6/c1-6-10(4)8-11(5)7-9(2)3;1-2-10(9)8-6-4-3-5-7-8;1-2/h9-10H,6-8H2,1-5H3;8H,2-7H2,1H3;1-2H3. The van der Waals surface area contributed by atoms with Gasteiger partial charge in [0.15, 0.2) is 0 Å². The van der Waals surface area contributed by atoms with Crippen molar-refractivity contribution in [1.29, 1.82) is 0 Å². The first-order chi connectivity index (χ1) is 10.9. The van der Waals surface area contributed by atoms with Gasteiger partial charge in [0, 0.05) is 25.7 Å².